The van der Waals surface area contributed by atoms with E-state index in [9.17, 15) is 4.79 Å². The van der Waals surface area contributed by atoms with E-state index in [4.69, 9.17) is 4.74 Å². The number of carbonyl (C=O) groups excluding carboxylic acids is 1. The van der Waals surface area contributed by atoms with E-state index in [0.29, 0.717) is 25.6 Å². The number of tetrazole rings is 1. The van der Waals surface area contributed by atoms with E-state index in [0.717, 1.165) is 31.6 Å². The first-order valence-electron chi connectivity index (χ1n) is 9.78. The van der Waals surface area contributed by atoms with Crippen LogP contribution in [-0.4, -0.2) is 75.3 Å². The van der Waals surface area contributed by atoms with Crippen LogP contribution in [0, 0.1) is 0 Å². The average Bonchev–Trinajstić information content (AvgIpc) is 3.18. The molecular weight excluding hydrogens is 356 g/mol. The highest BCUT2D eigenvalue weighted by molar-refractivity contribution is 5.76. The highest BCUT2D eigenvalue weighted by atomic mass is 16.5. The fourth-order valence-electron chi connectivity index (χ4n) is 3.74. The fourth-order valence-corrected chi connectivity index (χ4v) is 3.74. The first kappa shape index (κ1) is 18.8. The summed E-state index contributed by atoms with van der Waals surface area (Å²) in [6.07, 6.45) is 3.04. The maximum Gasteiger partial charge on any atom is 0.244 e. The third kappa shape index (κ3) is 4.13. The van der Waals surface area contributed by atoms with Crippen molar-refractivity contribution in [3.05, 3.63) is 53.4 Å². The molecule has 1 fully saturated rings. The molecule has 1 saturated heterocycles. The van der Waals surface area contributed by atoms with Crippen LogP contribution in [0.15, 0.2) is 42.0 Å². The molecule has 8 heteroatoms. The molecule has 0 radical (unpaired) electrons. The van der Waals surface area contributed by atoms with Crippen LogP contribution in [0.3, 0.4) is 0 Å². The Morgan fingerprint density at radius 3 is 2.68 bits per heavy atom. The second-order valence-corrected chi connectivity index (χ2v) is 7.30. The van der Waals surface area contributed by atoms with Gasteiger partial charge in [-0.1, -0.05) is 42.0 Å². The number of amides is 1. The molecule has 0 unspecified atom stereocenters. The lowest BCUT2D eigenvalue weighted by atomic mass is 10.0. The molecule has 2 aromatic rings. The van der Waals surface area contributed by atoms with Crippen molar-refractivity contribution in [3.8, 4) is 0 Å². The molecule has 4 rings (SSSR count). The van der Waals surface area contributed by atoms with E-state index in [-0.39, 0.29) is 18.5 Å². The number of hydrogen-bond donors (Lipinski definition) is 0. The van der Waals surface area contributed by atoms with Crippen LogP contribution in [-0.2, 0) is 16.1 Å². The lowest BCUT2D eigenvalue weighted by Gasteiger charge is -2.34. The summed E-state index contributed by atoms with van der Waals surface area (Å²) in [6, 6.07) is 10.1. The molecule has 1 aromatic heterocycles. The van der Waals surface area contributed by atoms with Crippen LogP contribution in [0.1, 0.15) is 30.8 Å². The average molecular weight is 382 g/mol. The maximum atomic E-state index is 12.8. The summed E-state index contributed by atoms with van der Waals surface area (Å²) in [5, 5.41) is 12.4. The Bertz CT molecular complexity index is 828. The summed E-state index contributed by atoms with van der Waals surface area (Å²) in [5.41, 5.74) is 2.45. The first-order chi connectivity index (χ1) is 13.7. The normalized spacial score (nSPS) is 19.3. The molecular formula is C20H26N6O2. The number of nitrogens with zero attached hydrogens (tertiary/aromatic N) is 6. The number of carbonyl (C=O) groups is 1. The zero-order valence-corrected chi connectivity index (χ0v) is 16.2. The van der Waals surface area contributed by atoms with Gasteiger partial charge in [-0.2, -0.15) is 0 Å². The van der Waals surface area contributed by atoms with Crippen LogP contribution in [0.25, 0.3) is 0 Å². The van der Waals surface area contributed by atoms with E-state index >= 15 is 0 Å². The molecule has 0 saturated carbocycles. The minimum atomic E-state index is -0.101. The van der Waals surface area contributed by atoms with Gasteiger partial charge in [0.25, 0.3) is 0 Å². The van der Waals surface area contributed by atoms with Gasteiger partial charge >= 0.3 is 0 Å². The standard InChI is InChI=1S/C20H26N6O2/c1-16-7-9-24(10-8-16)18(27)15-26-20(21-22-23-26)19(17-5-3-2-4-6-17)25-11-13-28-14-12-25/h2-7,19H,8-15H2,1H3/t19-/m0/s1. The van der Waals surface area contributed by atoms with Gasteiger partial charge in [0.1, 0.15) is 6.54 Å². The van der Waals surface area contributed by atoms with Crippen LogP contribution < -0.4 is 0 Å². The fraction of sp³-hybridized carbons (Fsp3) is 0.500. The maximum absolute atomic E-state index is 12.8. The van der Waals surface area contributed by atoms with Gasteiger partial charge < -0.3 is 9.64 Å². The lowest BCUT2D eigenvalue weighted by molar-refractivity contribution is -0.131. The van der Waals surface area contributed by atoms with Gasteiger partial charge in [0.2, 0.25) is 5.91 Å². The predicted octanol–water partition coefficient (Wildman–Crippen LogP) is 1.27. The third-order valence-corrected chi connectivity index (χ3v) is 5.40. The Hall–Kier alpha value is -2.58. The molecule has 2 aliphatic heterocycles. The van der Waals surface area contributed by atoms with Crippen LogP contribution >= 0.6 is 0 Å². The Labute approximate surface area is 164 Å². The molecule has 148 valence electrons. The Balaban J connectivity index is 1.58. The number of morpholine rings is 1. The van der Waals surface area contributed by atoms with E-state index in [1.54, 1.807) is 4.68 Å². The second-order valence-electron chi connectivity index (χ2n) is 7.30. The summed E-state index contributed by atoms with van der Waals surface area (Å²) < 4.78 is 7.17. The second kappa shape index (κ2) is 8.62. The van der Waals surface area contributed by atoms with Gasteiger partial charge in [-0.25, -0.2) is 4.68 Å². The van der Waals surface area contributed by atoms with E-state index in [1.165, 1.54) is 5.57 Å². The molecule has 0 N–H and O–H groups in total. The van der Waals surface area contributed by atoms with Crippen LogP contribution in [0.2, 0.25) is 0 Å². The highest BCUT2D eigenvalue weighted by Gasteiger charge is 2.30. The molecule has 2 aliphatic rings. The third-order valence-electron chi connectivity index (χ3n) is 5.40. The van der Waals surface area contributed by atoms with Gasteiger partial charge in [0.15, 0.2) is 5.82 Å². The monoisotopic (exact) mass is 382 g/mol. The molecule has 0 aliphatic carbocycles. The van der Waals surface area contributed by atoms with Crippen LogP contribution in [0.5, 0.6) is 0 Å². The zero-order valence-electron chi connectivity index (χ0n) is 16.2. The molecule has 8 nitrogen and oxygen atoms in total. The largest absolute Gasteiger partial charge is 0.379 e. The summed E-state index contributed by atoms with van der Waals surface area (Å²) in [6.45, 7) is 6.65. The van der Waals surface area contributed by atoms with Gasteiger partial charge in [-0.3, -0.25) is 9.69 Å². The number of hydrogen-bond acceptors (Lipinski definition) is 6. The van der Waals surface area contributed by atoms with Crippen molar-refractivity contribution in [2.45, 2.75) is 25.9 Å². The van der Waals surface area contributed by atoms with Gasteiger partial charge in [-0.15, -0.1) is 5.10 Å². The van der Waals surface area contributed by atoms with Crippen molar-refractivity contribution in [2.24, 2.45) is 0 Å². The molecule has 1 aromatic carbocycles. The van der Waals surface area contributed by atoms with Crippen molar-refractivity contribution in [1.82, 2.24) is 30.0 Å². The molecule has 1 atom stereocenters. The van der Waals surface area contributed by atoms with Gasteiger partial charge in [-0.05, 0) is 29.3 Å². The van der Waals surface area contributed by atoms with E-state index < -0.39 is 0 Å². The molecule has 28 heavy (non-hydrogen) atoms. The van der Waals surface area contributed by atoms with Crippen LogP contribution in [0.4, 0.5) is 0 Å². The van der Waals surface area contributed by atoms with Crippen molar-refractivity contribution >= 4 is 5.91 Å². The minimum absolute atomic E-state index is 0.0473. The van der Waals surface area contributed by atoms with E-state index in [2.05, 4.69) is 45.6 Å². The number of aromatic nitrogens is 4. The Morgan fingerprint density at radius 2 is 1.96 bits per heavy atom. The number of ether oxygens (including phenoxy) is 1. The molecule has 0 spiro atoms. The molecule has 3 heterocycles. The summed E-state index contributed by atoms with van der Waals surface area (Å²) >= 11 is 0. The van der Waals surface area contributed by atoms with Crippen molar-refractivity contribution < 1.29 is 9.53 Å². The van der Waals surface area contributed by atoms with Crippen molar-refractivity contribution in [3.63, 3.8) is 0 Å². The summed E-state index contributed by atoms with van der Waals surface area (Å²) in [4.78, 5) is 17.0. The Kier molecular flexibility index (Phi) is 5.78. The number of benzene rings is 1. The highest BCUT2D eigenvalue weighted by Crippen LogP contribution is 2.27. The van der Waals surface area contributed by atoms with E-state index in [1.807, 2.05) is 23.1 Å². The summed E-state index contributed by atoms with van der Waals surface area (Å²) in [7, 11) is 0. The quantitative estimate of drug-likeness (QED) is 0.725. The summed E-state index contributed by atoms with van der Waals surface area (Å²) in [5.74, 6) is 0.747. The minimum Gasteiger partial charge on any atom is -0.379 e. The first-order valence-corrected chi connectivity index (χ1v) is 9.78. The predicted molar refractivity (Wildman–Crippen MR) is 103 cm³/mol. The SMILES string of the molecule is CC1=CCN(C(=O)Cn2nnnc2[C@H](c2ccccc2)N2CCOCC2)CC1. The molecule has 1 amide bonds. The lowest BCUT2D eigenvalue weighted by Crippen LogP contribution is -2.41. The smallest absolute Gasteiger partial charge is 0.244 e. The molecule has 0 bridgehead atoms. The van der Waals surface area contributed by atoms with Crippen molar-refractivity contribution in [2.75, 3.05) is 39.4 Å². The van der Waals surface area contributed by atoms with Crippen molar-refractivity contribution in [1.29, 1.82) is 0 Å². The topological polar surface area (TPSA) is 76.4 Å². The zero-order chi connectivity index (χ0) is 19.3. The Morgan fingerprint density at radius 1 is 1.18 bits per heavy atom. The number of rotatable bonds is 5. The van der Waals surface area contributed by atoms with Gasteiger partial charge in [0.05, 0.1) is 19.3 Å². The van der Waals surface area contributed by atoms with Gasteiger partial charge in [0, 0.05) is 26.2 Å².